The van der Waals surface area contributed by atoms with Gasteiger partial charge < -0.3 is 0 Å². The number of rotatable bonds is 4. The molecule has 0 unspecified atom stereocenters. The Hall–Kier alpha value is -7.02. The van der Waals surface area contributed by atoms with Crippen LogP contribution < -0.4 is 0 Å². The van der Waals surface area contributed by atoms with Gasteiger partial charge in [-0.15, -0.1) is 0 Å². The molecule has 0 saturated carbocycles. The molecule has 0 aliphatic rings. The van der Waals surface area contributed by atoms with E-state index >= 15 is 0 Å². The fourth-order valence-corrected chi connectivity index (χ4v) is 8.97. The van der Waals surface area contributed by atoms with Crippen molar-refractivity contribution in [2.24, 2.45) is 0 Å². The van der Waals surface area contributed by atoms with Crippen LogP contribution in [0.15, 0.2) is 206 Å². The Kier molecular flexibility index (Phi) is 6.97. The van der Waals surface area contributed by atoms with Gasteiger partial charge in [-0.1, -0.05) is 194 Å². The third kappa shape index (κ3) is 4.78. The summed E-state index contributed by atoms with van der Waals surface area (Å²) in [4.78, 5) is 0. The molecule has 0 nitrogen and oxygen atoms in total. The Bertz CT molecular complexity index is 3200. The lowest BCUT2D eigenvalue weighted by atomic mass is 9.83. The minimum Gasteiger partial charge on any atom is -0.0622 e. The van der Waals surface area contributed by atoms with Gasteiger partial charge in [0, 0.05) is 0 Å². The Balaban J connectivity index is 1.19. The predicted octanol–water partition coefficient (Wildman–Crippen LogP) is 15.3. The van der Waals surface area contributed by atoms with Gasteiger partial charge in [-0.2, -0.15) is 0 Å². The van der Waals surface area contributed by atoms with Crippen molar-refractivity contribution in [3.63, 3.8) is 0 Å². The first-order chi connectivity index (χ1) is 26.8. The summed E-state index contributed by atoms with van der Waals surface area (Å²) in [5.41, 5.74) is 9.90. The zero-order valence-corrected chi connectivity index (χ0v) is 29.6. The molecule has 0 atom stereocenters. The van der Waals surface area contributed by atoms with Crippen molar-refractivity contribution < 1.29 is 0 Å². The second-order valence-corrected chi connectivity index (χ2v) is 14.4. The summed E-state index contributed by atoms with van der Waals surface area (Å²) in [6, 6.07) is 76.1. The first-order valence-electron chi connectivity index (χ1n) is 18.8. The van der Waals surface area contributed by atoms with Crippen molar-refractivity contribution in [2.45, 2.75) is 0 Å². The highest BCUT2D eigenvalue weighted by Gasteiger charge is 2.19. The maximum Gasteiger partial charge on any atom is -0.00261 e. The largest absolute Gasteiger partial charge is 0.0622 e. The summed E-state index contributed by atoms with van der Waals surface area (Å²) in [6.45, 7) is 0. The van der Waals surface area contributed by atoms with E-state index in [1.54, 1.807) is 0 Å². The van der Waals surface area contributed by atoms with Gasteiger partial charge in [-0.3, -0.25) is 0 Å². The molecule has 0 fully saturated rings. The normalized spacial score (nSPS) is 11.7. The molecule has 0 radical (unpaired) electrons. The third-order valence-electron chi connectivity index (χ3n) is 11.4. The van der Waals surface area contributed by atoms with E-state index in [0.29, 0.717) is 0 Å². The van der Waals surface area contributed by atoms with Crippen LogP contribution in [0.5, 0.6) is 0 Å². The van der Waals surface area contributed by atoms with Gasteiger partial charge in [0.05, 0.1) is 0 Å². The van der Waals surface area contributed by atoms with Gasteiger partial charge in [-0.05, 0) is 121 Å². The Morgan fingerprint density at radius 3 is 1.30 bits per heavy atom. The molecule has 0 N–H and O–H groups in total. The summed E-state index contributed by atoms with van der Waals surface area (Å²) in [6.07, 6.45) is 0. The van der Waals surface area contributed by atoms with Crippen LogP contribution in [0.25, 0.3) is 109 Å². The van der Waals surface area contributed by atoms with E-state index < -0.39 is 0 Å². The average Bonchev–Trinajstić information content (AvgIpc) is 3.25. The van der Waals surface area contributed by atoms with Crippen LogP contribution in [0.2, 0.25) is 0 Å². The zero-order chi connectivity index (χ0) is 35.6. The maximum atomic E-state index is 2.44. The third-order valence-corrected chi connectivity index (χ3v) is 11.4. The molecule has 0 heterocycles. The standard InChI is InChI=1S/C54H34/c1-2-13-35(14-3-1)39-29-32-50-52(33-39)53(38-27-25-37(26-28-38)42-24-12-16-36-15-4-5-17-41(36)42)48-22-10-11-23-49(48)54(50)40-30-31-47-45-20-7-6-18-43(45)44-19-8-9-21-46(44)51(47)34-40/h1-34H. The van der Waals surface area contributed by atoms with E-state index in [1.165, 1.54) is 109 Å². The summed E-state index contributed by atoms with van der Waals surface area (Å²) in [5, 5.41) is 15.3. The van der Waals surface area contributed by atoms with E-state index in [1.807, 2.05) is 0 Å². The van der Waals surface area contributed by atoms with Crippen molar-refractivity contribution in [1.82, 2.24) is 0 Å². The molecule has 0 aromatic heterocycles. The predicted molar refractivity (Wildman–Crippen MR) is 233 cm³/mol. The molecule has 11 aromatic carbocycles. The van der Waals surface area contributed by atoms with Crippen LogP contribution in [-0.2, 0) is 0 Å². The second-order valence-electron chi connectivity index (χ2n) is 14.4. The van der Waals surface area contributed by atoms with Gasteiger partial charge in [0.25, 0.3) is 0 Å². The highest BCUT2D eigenvalue weighted by Crippen LogP contribution is 2.46. The van der Waals surface area contributed by atoms with E-state index in [-0.39, 0.29) is 0 Å². The molecule has 0 aliphatic heterocycles. The highest BCUT2D eigenvalue weighted by molar-refractivity contribution is 6.27. The fourth-order valence-electron chi connectivity index (χ4n) is 8.97. The molecule has 0 bridgehead atoms. The van der Waals surface area contributed by atoms with Crippen molar-refractivity contribution >= 4 is 64.6 Å². The topological polar surface area (TPSA) is 0 Å². The molecule has 0 saturated heterocycles. The van der Waals surface area contributed by atoms with E-state index in [2.05, 4.69) is 206 Å². The first-order valence-corrected chi connectivity index (χ1v) is 18.8. The van der Waals surface area contributed by atoms with Crippen LogP contribution in [0.1, 0.15) is 0 Å². The van der Waals surface area contributed by atoms with Gasteiger partial charge in [0.2, 0.25) is 0 Å². The van der Waals surface area contributed by atoms with Crippen molar-refractivity contribution in [3.8, 4) is 44.5 Å². The maximum absolute atomic E-state index is 2.44. The fraction of sp³-hybridized carbons (Fsp3) is 0. The molecule has 54 heavy (non-hydrogen) atoms. The Morgan fingerprint density at radius 2 is 0.611 bits per heavy atom. The SMILES string of the molecule is c1ccc(-c2ccc3c(-c4ccc5c6ccccc6c6ccccc6c5c4)c4ccccc4c(-c4ccc(-c5cccc6ccccc56)cc4)c3c2)cc1. The molecule has 11 aromatic rings. The van der Waals surface area contributed by atoms with Crippen LogP contribution in [0.3, 0.4) is 0 Å². The monoisotopic (exact) mass is 682 g/mol. The lowest BCUT2D eigenvalue weighted by Gasteiger charge is -2.20. The van der Waals surface area contributed by atoms with Gasteiger partial charge >= 0.3 is 0 Å². The zero-order valence-electron chi connectivity index (χ0n) is 29.6. The minimum atomic E-state index is 1.22. The van der Waals surface area contributed by atoms with Crippen molar-refractivity contribution in [1.29, 1.82) is 0 Å². The first kappa shape index (κ1) is 30.6. The number of fused-ring (bicyclic) bond motifs is 9. The Morgan fingerprint density at radius 1 is 0.185 bits per heavy atom. The summed E-state index contributed by atoms with van der Waals surface area (Å²) >= 11 is 0. The van der Waals surface area contributed by atoms with Crippen LogP contribution in [0.4, 0.5) is 0 Å². The van der Waals surface area contributed by atoms with Gasteiger partial charge in [-0.25, -0.2) is 0 Å². The van der Waals surface area contributed by atoms with Crippen LogP contribution in [0, 0.1) is 0 Å². The molecule has 0 spiro atoms. The molecular weight excluding hydrogens is 649 g/mol. The van der Waals surface area contributed by atoms with E-state index in [4.69, 9.17) is 0 Å². The summed E-state index contributed by atoms with van der Waals surface area (Å²) in [5.74, 6) is 0. The van der Waals surface area contributed by atoms with Crippen molar-refractivity contribution in [2.75, 3.05) is 0 Å². The molecule has 250 valence electrons. The highest BCUT2D eigenvalue weighted by atomic mass is 14.2. The summed E-state index contributed by atoms with van der Waals surface area (Å²) < 4.78 is 0. The molecular formula is C54H34. The van der Waals surface area contributed by atoms with E-state index in [0.717, 1.165) is 0 Å². The molecule has 0 aliphatic carbocycles. The number of hydrogen-bond acceptors (Lipinski definition) is 0. The quantitative estimate of drug-likeness (QED) is 0.128. The Labute approximate surface area is 314 Å². The lowest BCUT2D eigenvalue weighted by molar-refractivity contribution is 1.62. The summed E-state index contributed by atoms with van der Waals surface area (Å²) in [7, 11) is 0. The number of benzene rings is 11. The second kappa shape index (κ2) is 12.3. The smallest absolute Gasteiger partial charge is 0.00261 e. The number of hydrogen-bond donors (Lipinski definition) is 0. The lowest BCUT2D eigenvalue weighted by Crippen LogP contribution is -1.92. The average molecular weight is 683 g/mol. The van der Waals surface area contributed by atoms with Crippen molar-refractivity contribution in [3.05, 3.63) is 206 Å². The van der Waals surface area contributed by atoms with Gasteiger partial charge in [0.1, 0.15) is 0 Å². The molecule has 0 amide bonds. The van der Waals surface area contributed by atoms with Crippen LogP contribution in [-0.4, -0.2) is 0 Å². The minimum absolute atomic E-state index is 1.22. The molecule has 0 heteroatoms. The molecule has 11 rings (SSSR count). The van der Waals surface area contributed by atoms with Gasteiger partial charge in [0.15, 0.2) is 0 Å². The van der Waals surface area contributed by atoms with Crippen LogP contribution >= 0.6 is 0 Å². The van der Waals surface area contributed by atoms with E-state index in [9.17, 15) is 0 Å².